The summed E-state index contributed by atoms with van der Waals surface area (Å²) in [5.41, 5.74) is 5.78. The molecule has 0 fully saturated rings. The van der Waals surface area contributed by atoms with Crippen LogP contribution in [0.3, 0.4) is 0 Å². The standard InChI is InChI=1S/C13H23N7/c1-5-19(6-2)12-16-11(15)17-13(18-12)20(7-3)9-10(4)8-14/h10H,5-7,9H2,1-4H3,(H2,15,16,17,18). The molecule has 1 heterocycles. The monoisotopic (exact) mass is 277 g/mol. The van der Waals surface area contributed by atoms with E-state index in [9.17, 15) is 0 Å². The Morgan fingerprint density at radius 1 is 1.05 bits per heavy atom. The van der Waals surface area contributed by atoms with Gasteiger partial charge in [-0.15, -0.1) is 0 Å². The quantitative estimate of drug-likeness (QED) is 0.802. The van der Waals surface area contributed by atoms with E-state index in [1.807, 2.05) is 37.5 Å². The van der Waals surface area contributed by atoms with Gasteiger partial charge in [-0.05, 0) is 27.7 Å². The molecular weight excluding hydrogens is 254 g/mol. The molecule has 1 aromatic rings. The van der Waals surface area contributed by atoms with Crippen LogP contribution in [0.1, 0.15) is 27.7 Å². The third-order valence-corrected chi connectivity index (χ3v) is 3.05. The summed E-state index contributed by atoms with van der Waals surface area (Å²) >= 11 is 0. The summed E-state index contributed by atoms with van der Waals surface area (Å²) in [4.78, 5) is 16.8. The molecule has 7 heteroatoms. The van der Waals surface area contributed by atoms with Gasteiger partial charge in [0, 0.05) is 26.2 Å². The fourth-order valence-corrected chi connectivity index (χ4v) is 1.88. The number of nitrogen functional groups attached to an aromatic ring is 1. The highest BCUT2D eigenvalue weighted by molar-refractivity contribution is 5.43. The van der Waals surface area contributed by atoms with E-state index in [4.69, 9.17) is 11.0 Å². The maximum absolute atomic E-state index is 8.94. The topological polar surface area (TPSA) is 95.0 Å². The summed E-state index contributed by atoms with van der Waals surface area (Å²) < 4.78 is 0. The van der Waals surface area contributed by atoms with Crippen molar-refractivity contribution in [2.24, 2.45) is 5.92 Å². The molecule has 110 valence electrons. The average molecular weight is 277 g/mol. The van der Waals surface area contributed by atoms with Crippen LogP contribution in [0.4, 0.5) is 17.8 Å². The van der Waals surface area contributed by atoms with Gasteiger partial charge in [-0.1, -0.05) is 0 Å². The predicted molar refractivity (Wildman–Crippen MR) is 80.5 cm³/mol. The van der Waals surface area contributed by atoms with Crippen molar-refractivity contribution in [1.82, 2.24) is 15.0 Å². The summed E-state index contributed by atoms with van der Waals surface area (Å²) in [5.74, 6) is 1.23. The Morgan fingerprint density at radius 3 is 2.00 bits per heavy atom. The number of hydrogen-bond donors (Lipinski definition) is 1. The molecule has 1 atom stereocenters. The predicted octanol–water partition coefficient (Wildman–Crippen LogP) is 1.29. The van der Waals surface area contributed by atoms with Gasteiger partial charge in [0.1, 0.15) is 0 Å². The molecule has 0 radical (unpaired) electrons. The highest BCUT2D eigenvalue weighted by Gasteiger charge is 2.16. The van der Waals surface area contributed by atoms with Crippen LogP contribution in [-0.2, 0) is 0 Å². The van der Waals surface area contributed by atoms with Gasteiger partial charge in [0.25, 0.3) is 0 Å². The normalized spacial score (nSPS) is 11.8. The first-order valence-corrected chi connectivity index (χ1v) is 6.96. The third-order valence-electron chi connectivity index (χ3n) is 3.05. The Balaban J connectivity index is 3.07. The smallest absolute Gasteiger partial charge is 0.231 e. The summed E-state index contributed by atoms with van der Waals surface area (Å²) in [6.07, 6.45) is 0. The van der Waals surface area contributed by atoms with Crippen molar-refractivity contribution in [1.29, 1.82) is 5.26 Å². The Bertz CT molecular complexity index is 464. The van der Waals surface area contributed by atoms with Crippen LogP contribution in [-0.4, -0.2) is 41.1 Å². The molecule has 0 aliphatic rings. The molecule has 0 aliphatic carbocycles. The van der Waals surface area contributed by atoms with E-state index in [0.717, 1.165) is 13.1 Å². The summed E-state index contributed by atoms with van der Waals surface area (Å²) in [5, 5.41) is 8.94. The van der Waals surface area contributed by atoms with Gasteiger partial charge in [-0.25, -0.2) is 0 Å². The molecule has 0 aromatic carbocycles. The van der Waals surface area contributed by atoms with Crippen LogP contribution >= 0.6 is 0 Å². The van der Waals surface area contributed by atoms with Gasteiger partial charge in [-0.2, -0.15) is 20.2 Å². The Kier molecular flexibility index (Phi) is 5.97. The Labute approximate surface area is 120 Å². The van der Waals surface area contributed by atoms with Gasteiger partial charge >= 0.3 is 0 Å². The van der Waals surface area contributed by atoms with Crippen LogP contribution in [0.5, 0.6) is 0 Å². The second-order valence-corrected chi connectivity index (χ2v) is 4.53. The van der Waals surface area contributed by atoms with Crippen molar-refractivity contribution in [3.05, 3.63) is 0 Å². The van der Waals surface area contributed by atoms with Crippen molar-refractivity contribution < 1.29 is 0 Å². The minimum Gasteiger partial charge on any atom is -0.368 e. The summed E-state index contributed by atoms with van der Waals surface area (Å²) in [7, 11) is 0. The second-order valence-electron chi connectivity index (χ2n) is 4.53. The van der Waals surface area contributed by atoms with Crippen LogP contribution in [0.25, 0.3) is 0 Å². The number of nitriles is 1. The third kappa shape index (κ3) is 3.95. The van der Waals surface area contributed by atoms with E-state index in [0.29, 0.717) is 25.0 Å². The Morgan fingerprint density at radius 2 is 1.55 bits per heavy atom. The molecule has 2 N–H and O–H groups in total. The van der Waals surface area contributed by atoms with Crippen molar-refractivity contribution in [3.8, 4) is 6.07 Å². The van der Waals surface area contributed by atoms with Gasteiger partial charge in [0.05, 0.1) is 12.0 Å². The van der Waals surface area contributed by atoms with Gasteiger partial charge < -0.3 is 15.5 Å². The SMILES string of the molecule is CCN(CC)c1nc(N)nc(N(CC)CC(C)C#N)n1. The number of nitrogens with zero attached hydrogens (tertiary/aromatic N) is 6. The zero-order valence-corrected chi connectivity index (χ0v) is 12.7. The number of rotatable bonds is 7. The van der Waals surface area contributed by atoms with E-state index >= 15 is 0 Å². The lowest BCUT2D eigenvalue weighted by atomic mass is 10.2. The van der Waals surface area contributed by atoms with Crippen LogP contribution in [0.15, 0.2) is 0 Å². The fourth-order valence-electron chi connectivity index (χ4n) is 1.88. The first-order valence-electron chi connectivity index (χ1n) is 6.96. The maximum Gasteiger partial charge on any atom is 0.231 e. The molecule has 20 heavy (non-hydrogen) atoms. The van der Waals surface area contributed by atoms with E-state index in [-0.39, 0.29) is 11.9 Å². The highest BCUT2D eigenvalue weighted by atomic mass is 15.3. The summed E-state index contributed by atoms with van der Waals surface area (Å²) in [6, 6.07) is 2.22. The van der Waals surface area contributed by atoms with Gasteiger partial charge in [-0.3, -0.25) is 0 Å². The summed E-state index contributed by atoms with van der Waals surface area (Å²) in [6.45, 7) is 10.9. The zero-order valence-electron chi connectivity index (χ0n) is 12.7. The van der Waals surface area contributed by atoms with E-state index in [1.165, 1.54) is 0 Å². The van der Waals surface area contributed by atoms with Crippen molar-refractivity contribution in [2.45, 2.75) is 27.7 Å². The largest absolute Gasteiger partial charge is 0.368 e. The number of aromatic nitrogens is 3. The molecule has 1 aromatic heterocycles. The number of anilines is 3. The van der Waals surface area contributed by atoms with Gasteiger partial charge in [0.15, 0.2) is 0 Å². The molecule has 0 spiro atoms. The molecule has 1 unspecified atom stereocenters. The second kappa shape index (κ2) is 7.48. The van der Waals surface area contributed by atoms with Crippen molar-refractivity contribution >= 4 is 17.8 Å². The molecular formula is C13H23N7. The first kappa shape index (κ1) is 16.0. The molecule has 0 saturated heterocycles. The lowest BCUT2D eigenvalue weighted by Crippen LogP contribution is -2.31. The van der Waals surface area contributed by atoms with E-state index < -0.39 is 0 Å². The number of hydrogen-bond acceptors (Lipinski definition) is 7. The van der Waals surface area contributed by atoms with Crippen LogP contribution in [0, 0.1) is 17.2 Å². The highest BCUT2D eigenvalue weighted by Crippen LogP contribution is 2.16. The lowest BCUT2D eigenvalue weighted by molar-refractivity contribution is 0.667. The maximum atomic E-state index is 8.94. The lowest BCUT2D eigenvalue weighted by Gasteiger charge is -2.24. The molecule has 7 nitrogen and oxygen atoms in total. The minimum absolute atomic E-state index is 0.0927. The van der Waals surface area contributed by atoms with Crippen LogP contribution in [0.2, 0.25) is 0 Å². The van der Waals surface area contributed by atoms with E-state index in [2.05, 4.69) is 21.0 Å². The molecule has 0 bridgehead atoms. The fraction of sp³-hybridized carbons (Fsp3) is 0.692. The zero-order chi connectivity index (χ0) is 15.1. The average Bonchev–Trinajstić information content (AvgIpc) is 2.45. The minimum atomic E-state index is -0.0927. The van der Waals surface area contributed by atoms with Crippen molar-refractivity contribution in [3.63, 3.8) is 0 Å². The van der Waals surface area contributed by atoms with Crippen LogP contribution < -0.4 is 15.5 Å². The van der Waals surface area contributed by atoms with Crippen molar-refractivity contribution in [2.75, 3.05) is 41.7 Å². The van der Waals surface area contributed by atoms with Gasteiger partial charge in [0.2, 0.25) is 17.8 Å². The first-order chi connectivity index (χ1) is 9.55. The molecule has 0 amide bonds. The van der Waals surface area contributed by atoms with E-state index in [1.54, 1.807) is 0 Å². The molecule has 0 saturated carbocycles. The molecule has 1 rings (SSSR count). The molecule has 0 aliphatic heterocycles. The Hall–Kier alpha value is -2.10. The number of nitrogens with two attached hydrogens (primary N) is 1.